The first-order valence-electron chi connectivity index (χ1n) is 9.20. The second-order valence-corrected chi connectivity index (χ2v) is 7.20. The molecule has 0 N–H and O–H groups in total. The first-order valence-corrected chi connectivity index (χ1v) is 10.0. The van der Waals surface area contributed by atoms with Crippen LogP contribution in [0, 0.1) is 0 Å². The summed E-state index contributed by atoms with van der Waals surface area (Å²) in [5.74, 6) is 1.04. The number of carbonyl (C=O) groups is 1. The van der Waals surface area contributed by atoms with Crippen molar-refractivity contribution in [3.05, 3.63) is 71.6 Å². The van der Waals surface area contributed by atoms with Gasteiger partial charge in [0.25, 0.3) is 0 Å². The molecule has 5 heteroatoms. The summed E-state index contributed by atoms with van der Waals surface area (Å²) in [5, 5.41) is 3.12. The highest BCUT2D eigenvalue weighted by molar-refractivity contribution is 7.21. The molecule has 0 aliphatic carbocycles. The molecule has 142 valence electrons. The van der Waals surface area contributed by atoms with Crippen LogP contribution in [0.25, 0.3) is 20.9 Å². The molecular formula is C23H20O4S. The number of ether oxygens (including phenoxy) is 3. The predicted molar refractivity (Wildman–Crippen MR) is 113 cm³/mol. The van der Waals surface area contributed by atoms with Crippen molar-refractivity contribution in [2.75, 3.05) is 19.8 Å². The summed E-state index contributed by atoms with van der Waals surface area (Å²) in [6.07, 6.45) is 0. The lowest BCUT2D eigenvalue weighted by molar-refractivity contribution is 0.0527. The Balaban J connectivity index is 1.49. The minimum Gasteiger partial charge on any atom is -0.489 e. The van der Waals surface area contributed by atoms with Crippen LogP contribution in [-0.4, -0.2) is 25.8 Å². The minimum absolute atomic E-state index is 0.330. The standard InChI is InChI=1S/C23H20O4S/c1-2-25-23(24)22-21(18-11-5-6-13-20(18)28-22)27-15-14-26-19-12-7-9-16-8-3-4-10-17(16)19/h3-13H,2,14-15H2,1H3. The Bertz CT molecular complexity index is 1110. The molecule has 4 nitrogen and oxygen atoms in total. The molecule has 0 atom stereocenters. The number of benzene rings is 3. The second-order valence-electron chi connectivity index (χ2n) is 6.15. The Morgan fingerprint density at radius 2 is 1.57 bits per heavy atom. The van der Waals surface area contributed by atoms with E-state index in [1.807, 2.05) is 54.6 Å². The summed E-state index contributed by atoms with van der Waals surface area (Å²) in [4.78, 5) is 12.8. The number of carbonyl (C=O) groups excluding carboxylic acids is 1. The molecule has 28 heavy (non-hydrogen) atoms. The molecule has 1 heterocycles. The summed E-state index contributed by atoms with van der Waals surface area (Å²) in [6.45, 7) is 2.83. The first kappa shape index (κ1) is 18.3. The van der Waals surface area contributed by atoms with Gasteiger partial charge in [0.2, 0.25) is 0 Å². The molecule has 0 fully saturated rings. The van der Waals surface area contributed by atoms with Gasteiger partial charge < -0.3 is 14.2 Å². The van der Waals surface area contributed by atoms with Crippen LogP contribution >= 0.6 is 11.3 Å². The number of rotatable bonds is 7. The van der Waals surface area contributed by atoms with Gasteiger partial charge in [0.15, 0.2) is 10.6 Å². The normalized spacial score (nSPS) is 10.9. The Kier molecular flexibility index (Phi) is 5.44. The third kappa shape index (κ3) is 3.66. The fraction of sp³-hybridized carbons (Fsp3) is 0.174. The summed E-state index contributed by atoms with van der Waals surface area (Å²) < 4.78 is 18.1. The number of hydrogen-bond donors (Lipinski definition) is 0. The summed E-state index contributed by atoms with van der Waals surface area (Å²) >= 11 is 1.39. The summed E-state index contributed by atoms with van der Waals surface area (Å²) in [7, 11) is 0. The van der Waals surface area contributed by atoms with E-state index in [1.54, 1.807) is 6.92 Å². The van der Waals surface area contributed by atoms with Gasteiger partial charge in [-0.2, -0.15) is 0 Å². The van der Waals surface area contributed by atoms with E-state index in [0.29, 0.717) is 30.4 Å². The molecule has 0 aliphatic rings. The van der Waals surface area contributed by atoms with Crippen LogP contribution < -0.4 is 9.47 Å². The maximum Gasteiger partial charge on any atom is 0.352 e. The molecule has 0 saturated carbocycles. The van der Waals surface area contributed by atoms with E-state index < -0.39 is 0 Å². The van der Waals surface area contributed by atoms with Gasteiger partial charge in [-0.3, -0.25) is 0 Å². The van der Waals surface area contributed by atoms with Crippen molar-refractivity contribution in [3.8, 4) is 11.5 Å². The van der Waals surface area contributed by atoms with Gasteiger partial charge in [0, 0.05) is 15.5 Å². The van der Waals surface area contributed by atoms with Crippen LogP contribution in [0.4, 0.5) is 0 Å². The maximum atomic E-state index is 12.3. The van der Waals surface area contributed by atoms with E-state index in [4.69, 9.17) is 14.2 Å². The lowest BCUT2D eigenvalue weighted by Gasteiger charge is -2.11. The van der Waals surface area contributed by atoms with Gasteiger partial charge in [-0.25, -0.2) is 4.79 Å². The van der Waals surface area contributed by atoms with Crippen LogP contribution in [0.3, 0.4) is 0 Å². The van der Waals surface area contributed by atoms with Gasteiger partial charge in [0.1, 0.15) is 19.0 Å². The predicted octanol–water partition coefficient (Wildman–Crippen LogP) is 5.69. The van der Waals surface area contributed by atoms with Crippen LogP contribution in [0.5, 0.6) is 11.5 Å². The molecule has 0 aliphatic heterocycles. The van der Waals surface area contributed by atoms with Crippen LogP contribution in [0.2, 0.25) is 0 Å². The Hall–Kier alpha value is -3.05. The number of thiophene rings is 1. The summed E-state index contributed by atoms with van der Waals surface area (Å²) in [6, 6.07) is 21.9. The van der Waals surface area contributed by atoms with E-state index in [2.05, 4.69) is 12.1 Å². The zero-order valence-corrected chi connectivity index (χ0v) is 16.3. The third-order valence-electron chi connectivity index (χ3n) is 4.35. The van der Waals surface area contributed by atoms with Crippen molar-refractivity contribution in [2.24, 2.45) is 0 Å². The van der Waals surface area contributed by atoms with E-state index in [0.717, 1.165) is 26.6 Å². The zero-order chi connectivity index (χ0) is 19.3. The molecular weight excluding hydrogens is 372 g/mol. The van der Waals surface area contributed by atoms with Gasteiger partial charge >= 0.3 is 5.97 Å². The largest absolute Gasteiger partial charge is 0.489 e. The Morgan fingerprint density at radius 3 is 2.43 bits per heavy atom. The maximum absolute atomic E-state index is 12.3. The minimum atomic E-state index is -0.353. The lowest BCUT2D eigenvalue weighted by atomic mass is 10.1. The average molecular weight is 392 g/mol. The van der Waals surface area contributed by atoms with Gasteiger partial charge in [-0.1, -0.05) is 48.5 Å². The molecule has 0 bridgehead atoms. The van der Waals surface area contributed by atoms with Crippen molar-refractivity contribution in [2.45, 2.75) is 6.92 Å². The molecule has 0 amide bonds. The molecule has 4 aromatic rings. The van der Waals surface area contributed by atoms with E-state index in [-0.39, 0.29) is 5.97 Å². The van der Waals surface area contributed by atoms with Gasteiger partial charge in [-0.15, -0.1) is 11.3 Å². The van der Waals surface area contributed by atoms with Crippen LogP contribution in [-0.2, 0) is 4.74 Å². The quantitative estimate of drug-likeness (QED) is 0.299. The Labute approximate surface area is 167 Å². The number of esters is 1. The summed E-state index contributed by atoms with van der Waals surface area (Å²) in [5.41, 5.74) is 0. The fourth-order valence-corrected chi connectivity index (χ4v) is 4.15. The average Bonchev–Trinajstić information content (AvgIpc) is 3.10. The van der Waals surface area contributed by atoms with Crippen LogP contribution in [0.1, 0.15) is 16.6 Å². The molecule has 0 unspecified atom stereocenters. The fourth-order valence-electron chi connectivity index (χ4n) is 3.11. The van der Waals surface area contributed by atoms with Gasteiger partial charge in [-0.05, 0) is 30.5 Å². The molecule has 1 aromatic heterocycles. The highest BCUT2D eigenvalue weighted by Gasteiger charge is 2.20. The van der Waals surface area contributed by atoms with E-state index >= 15 is 0 Å². The van der Waals surface area contributed by atoms with E-state index in [1.165, 1.54) is 11.3 Å². The third-order valence-corrected chi connectivity index (χ3v) is 5.48. The number of fused-ring (bicyclic) bond motifs is 2. The van der Waals surface area contributed by atoms with Gasteiger partial charge in [0.05, 0.1) is 6.61 Å². The first-order chi connectivity index (χ1) is 13.8. The van der Waals surface area contributed by atoms with Crippen molar-refractivity contribution < 1.29 is 19.0 Å². The van der Waals surface area contributed by atoms with Crippen molar-refractivity contribution in [1.29, 1.82) is 0 Å². The molecule has 3 aromatic carbocycles. The number of hydrogen-bond acceptors (Lipinski definition) is 5. The highest BCUT2D eigenvalue weighted by Crippen LogP contribution is 2.38. The smallest absolute Gasteiger partial charge is 0.352 e. The Morgan fingerprint density at radius 1 is 0.857 bits per heavy atom. The van der Waals surface area contributed by atoms with Crippen molar-refractivity contribution >= 4 is 38.2 Å². The topological polar surface area (TPSA) is 44.8 Å². The van der Waals surface area contributed by atoms with Crippen molar-refractivity contribution in [1.82, 2.24) is 0 Å². The molecule has 4 rings (SSSR count). The van der Waals surface area contributed by atoms with Crippen molar-refractivity contribution in [3.63, 3.8) is 0 Å². The van der Waals surface area contributed by atoms with E-state index in [9.17, 15) is 4.79 Å². The highest BCUT2D eigenvalue weighted by atomic mass is 32.1. The SMILES string of the molecule is CCOC(=O)c1sc2ccccc2c1OCCOc1cccc2ccccc12. The second kappa shape index (κ2) is 8.31. The lowest BCUT2D eigenvalue weighted by Crippen LogP contribution is -2.11. The monoisotopic (exact) mass is 392 g/mol. The molecule has 0 saturated heterocycles. The van der Waals surface area contributed by atoms with Crippen LogP contribution in [0.15, 0.2) is 66.7 Å². The zero-order valence-electron chi connectivity index (χ0n) is 15.5. The molecule has 0 radical (unpaired) electrons. The molecule has 0 spiro atoms.